The van der Waals surface area contributed by atoms with E-state index in [0.717, 1.165) is 27.8 Å². The first-order chi connectivity index (χ1) is 19.9. The van der Waals surface area contributed by atoms with E-state index in [1.165, 1.54) is 0 Å². The average Bonchev–Trinajstić information content (AvgIpc) is 3.31. The van der Waals surface area contributed by atoms with Crippen molar-refractivity contribution < 1.29 is 29.0 Å². The molecule has 0 saturated heterocycles. The van der Waals surface area contributed by atoms with Crippen molar-refractivity contribution in [3.63, 3.8) is 0 Å². The third kappa shape index (κ3) is 6.77. The summed E-state index contributed by atoms with van der Waals surface area (Å²) in [4.78, 5) is 38.1. The van der Waals surface area contributed by atoms with Crippen LogP contribution < -0.4 is 10.6 Å². The summed E-state index contributed by atoms with van der Waals surface area (Å²) in [7, 11) is 0. The molecule has 2 unspecified atom stereocenters. The number of carboxylic acids is 1. The number of rotatable bonds is 10. The molecule has 0 radical (unpaired) electrons. The van der Waals surface area contributed by atoms with E-state index < -0.39 is 36.0 Å². The summed E-state index contributed by atoms with van der Waals surface area (Å²) in [5, 5.41) is 15.1. The van der Waals surface area contributed by atoms with Gasteiger partial charge in [-0.3, -0.25) is 9.59 Å². The maximum atomic E-state index is 13.5. The third-order valence-corrected chi connectivity index (χ3v) is 8.09. The fourth-order valence-electron chi connectivity index (χ4n) is 5.90. The second-order valence-corrected chi connectivity index (χ2v) is 10.9. The number of amides is 2. The zero-order valence-electron chi connectivity index (χ0n) is 23.1. The van der Waals surface area contributed by atoms with E-state index in [0.29, 0.717) is 25.7 Å². The lowest BCUT2D eigenvalue weighted by atomic mass is 9.85. The zero-order valence-corrected chi connectivity index (χ0v) is 23.1. The summed E-state index contributed by atoms with van der Waals surface area (Å²) in [6.07, 6.45) is 0.972. The molecule has 2 aliphatic carbocycles. The van der Waals surface area contributed by atoms with Crippen LogP contribution >= 0.6 is 0 Å². The number of aliphatic carboxylic acids is 1. The Hall–Kier alpha value is -4.17. The Bertz CT molecular complexity index is 1330. The lowest BCUT2D eigenvalue weighted by Crippen LogP contribution is -2.55. The van der Waals surface area contributed by atoms with Crippen LogP contribution in [0.2, 0.25) is 0 Å². The topological polar surface area (TPSA) is 114 Å². The van der Waals surface area contributed by atoms with Crippen LogP contribution in [0.15, 0.2) is 78.9 Å². The molecule has 8 heteroatoms. The highest BCUT2D eigenvalue weighted by molar-refractivity contribution is 5.86. The van der Waals surface area contributed by atoms with Crippen molar-refractivity contribution in [2.75, 3.05) is 6.61 Å². The van der Waals surface area contributed by atoms with Gasteiger partial charge in [0.2, 0.25) is 5.91 Å². The summed E-state index contributed by atoms with van der Waals surface area (Å²) in [5.41, 5.74) is 5.39. The van der Waals surface area contributed by atoms with E-state index in [4.69, 9.17) is 9.47 Å². The molecule has 0 aliphatic heterocycles. The largest absolute Gasteiger partial charge is 0.481 e. The van der Waals surface area contributed by atoms with Gasteiger partial charge in [0.05, 0.1) is 18.6 Å². The second-order valence-electron chi connectivity index (χ2n) is 10.9. The van der Waals surface area contributed by atoms with E-state index in [2.05, 4.69) is 22.8 Å². The fraction of sp³-hybridized carbons (Fsp3) is 0.364. The average molecular weight is 557 g/mol. The Balaban J connectivity index is 1.26. The minimum absolute atomic E-state index is 0.109. The molecule has 3 aromatic carbocycles. The summed E-state index contributed by atoms with van der Waals surface area (Å²) >= 11 is 0. The molecular weight excluding hydrogens is 520 g/mol. The Labute approximate surface area is 240 Å². The first kappa shape index (κ1) is 28.4. The first-order valence-electron chi connectivity index (χ1n) is 14.2. The minimum atomic E-state index is -1.03. The highest BCUT2D eigenvalue weighted by Gasteiger charge is 2.34. The van der Waals surface area contributed by atoms with Crippen LogP contribution in [0, 0.1) is 5.92 Å². The van der Waals surface area contributed by atoms with Gasteiger partial charge >= 0.3 is 12.1 Å². The first-order valence-corrected chi connectivity index (χ1v) is 14.2. The lowest BCUT2D eigenvalue weighted by Gasteiger charge is -2.30. The zero-order chi connectivity index (χ0) is 28.8. The molecule has 2 amide bonds. The van der Waals surface area contributed by atoms with Crippen molar-refractivity contribution >= 4 is 18.0 Å². The van der Waals surface area contributed by atoms with Crippen molar-refractivity contribution in [1.29, 1.82) is 0 Å². The van der Waals surface area contributed by atoms with Gasteiger partial charge in [-0.05, 0) is 54.0 Å². The Kier molecular flexibility index (Phi) is 8.99. The van der Waals surface area contributed by atoms with Crippen LogP contribution in [-0.2, 0) is 25.7 Å². The van der Waals surface area contributed by atoms with E-state index in [-0.39, 0.29) is 25.2 Å². The van der Waals surface area contributed by atoms with Gasteiger partial charge in [0.15, 0.2) is 0 Å². The highest BCUT2D eigenvalue weighted by Crippen LogP contribution is 2.44. The van der Waals surface area contributed by atoms with Gasteiger partial charge in [0.1, 0.15) is 12.6 Å². The summed E-state index contributed by atoms with van der Waals surface area (Å²) in [5.74, 6) is -1.87. The summed E-state index contributed by atoms with van der Waals surface area (Å²) < 4.78 is 11.7. The molecule has 3 N–H and O–H groups in total. The maximum Gasteiger partial charge on any atom is 0.407 e. The van der Waals surface area contributed by atoms with Gasteiger partial charge in [-0.15, -0.1) is 0 Å². The molecule has 214 valence electrons. The number of benzene rings is 3. The number of hydrogen-bond donors (Lipinski definition) is 3. The Morgan fingerprint density at radius 1 is 0.902 bits per heavy atom. The van der Waals surface area contributed by atoms with E-state index in [9.17, 15) is 19.5 Å². The van der Waals surface area contributed by atoms with E-state index in [1.54, 1.807) is 6.92 Å². The number of carbonyl (C=O) groups excluding carboxylic acids is 2. The van der Waals surface area contributed by atoms with Crippen molar-refractivity contribution in [3.8, 4) is 11.1 Å². The molecule has 1 fully saturated rings. The summed E-state index contributed by atoms with van der Waals surface area (Å²) in [6, 6.07) is 24.4. The third-order valence-electron chi connectivity index (χ3n) is 8.09. The molecule has 0 bridgehead atoms. The molecule has 4 atom stereocenters. The highest BCUT2D eigenvalue weighted by atomic mass is 16.5. The minimum Gasteiger partial charge on any atom is -0.481 e. The SMILES string of the molecule is CC(OCc1ccccc1)C(NC(=O)OCC1c2ccccc2-c2ccccc21)C(=O)N[C@@H]1CCC[C@@H](C(=O)O)C1. The van der Waals surface area contributed by atoms with Crippen LogP contribution in [0.25, 0.3) is 11.1 Å². The van der Waals surface area contributed by atoms with Gasteiger partial charge in [0.25, 0.3) is 0 Å². The van der Waals surface area contributed by atoms with Gasteiger partial charge < -0.3 is 25.2 Å². The van der Waals surface area contributed by atoms with Gasteiger partial charge in [-0.25, -0.2) is 4.79 Å². The van der Waals surface area contributed by atoms with Gasteiger partial charge in [0, 0.05) is 12.0 Å². The van der Waals surface area contributed by atoms with E-state index >= 15 is 0 Å². The molecule has 0 aromatic heterocycles. The number of alkyl carbamates (subject to hydrolysis) is 1. The molecule has 41 heavy (non-hydrogen) atoms. The van der Waals surface area contributed by atoms with Crippen molar-refractivity contribution in [3.05, 3.63) is 95.6 Å². The molecular formula is C33H36N2O6. The quantitative estimate of drug-likeness (QED) is 0.314. The van der Waals surface area contributed by atoms with Crippen LogP contribution in [0.4, 0.5) is 4.79 Å². The number of carbonyl (C=O) groups is 3. The summed E-state index contributed by atoms with van der Waals surface area (Å²) in [6.45, 7) is 2.12. The van der Waals surface area contributed by atoms with Crippen LogP contribution in [0.3, 0.4) is 0 Å². The molecule has 2 aliphatic rings. The molecule has 0 spiro atoms. The number of fused-ring (bicyclic) bond motifs is 3. The number of ether oxygens (including phenoxy) is 2. The standard InChI is InChI=1S/C33H36N2O6/c1-21(40-19-22-10-3-2-4-11-22)30(31(36)34-24-13-9-12-23(18-24)32(37)38)35-33(39)41-20-29-27-16-7-5-14-25(27)26-15-6-8-17-28(26)29/h2-8,10-11,14-17,21,23-24,29-30H,9,12-13,18-20H2,1H3,(H,34,36)(H,35,39)(H,37,38)/t21?,23-,24-,30?/m1/s1. The molecule has 5 rings (SSSR count). The van der Waals surface area contributed by atoms with Crippen molar-refractivity contribution in [1.82, 2.24) is 10.6 Å². The molecule has 1 saturated carbocycles. The number of nitrogens with one attached hydrogen (secondary N) is 2. The number of carboxylic acid groups (broad SMARTS) is 1. The Morgan fingerprint density at radius 2 is 1.54 bits per heavy atom. The predicted molar refractivity (Wildman–Crippen MR) is 154 cm³/mol. The molecule has 8 nitrogen and oxygen atoms in total. The smallest absolute Gasteiger partial charge is 0.407 e. The monoisotopic (exact) mass is 556 g/mol. The molecule has 0 heterocycles. The van der Waals surface area contributed by atoms with Crippen LogP contribution in [-0.4, -0.2) is 47.9 Å². The maximum absolute atomic E-state index is 13.5. The van der Waals surface area contributed by atoms with Gasteiger partial charge in [-0.1, -0.05) is 85.3 Å². The van der Waals surface area contributed by atoms with Crippen molar-refractivity contribution in [2.24, 2.45) is 5.92 Å². The second kappa shape index (κ2) is 13.0. The lowest BCUT2D eigenvalue weighted by molar-refractivity contribution is -0.143. The predicted octanol–water partition coefficient (Wildman–Crippen LogP) is 5.26. The van der Waals surface area contributed by atoms with Crippen LogP contribution in [0.5, 0.6) is 0 Å². The molecule has 3 aromatic rings. The van der Waals surface area contributed by atoms with E-state index in [1.807, 2.05) is 66.7 Å². The van der Waals surface area contributed by atoms with Gasteiger partial charge in [-0.2, -0.15) is 0 Å². The normalized spacial score (nSPS) is 19.3. The van der Waals surface area contributed by atoms with Crippen molar-refractivity contribution in [2.45, 2.75) is 63.3 Å². The Morgan fingerprint density at radius 3 is 2.20 bits per heavy atom. The van der Waals surface area contributed by atoms with Crippen LogP contribution in [0.1, 0.15) is 55.2 Å². The number of hydrogen-bond acceptors (Lipinski definition) is 5. The fourth-order valence-corrected chi connectivity index (χ4v) is 5.90.